The quantitative estimate of drug-likeness (QED) is 0.563. The fourth-order valence-corrected chi connectivity index (χ4v) is 5.28. The van der Waals surface area contributed by atoms with Crippen LogP contribution in [0.5, 0.6) is 0 Å². The summed E-state index contributed by atoms with van der Waals surface area (Å²) in [6.45, 7) is 1.13. The predicted octanol–water partition coefficient (Wildman–Crippen LogP) is 3.26. The molecule has 29 heavy (non-hydrogen) atoms. The van der Waals surface area contributed by atoms with Gasteiger partial charge in [-0.25, -0.2) is 17.7 Å². The summed E-state index contributed by atoms with van der Waals surface area (Å²) < 4.78 is 27.1. The maximum absolute atomic E-state index is 11.8. The Hall–Kier alpha value is -2.71. The number of hydrogen-bond donors (Lipinski definition) is 1. The lowest BCUT2D eigenvalue weighted by molar-refractivity contribution is 0.322. The van der Waals surface area contributed by atoms with E-state index in [-0.39, 0.29) is 0 Å². The number of nitrogens with zero attached hydrogens (tertiary/aromatic N) is 4. The number of rotatable bonds is 3. The summed E-state index contributed by atoms with van der Waals surface area (Å²) in [7, 11) is -1.21. The number of H-pyrrole nitrogens is 1. The van der Waals surface area contributed by atoms with Gasteiger partial charge >= 0.3 is 0 Å². The third-order valence-electron chi connectivity index (χ3n) is 5.95. The van der Waals surface area contributed by atoms with Crippen LogP contribution in [0.3, 0.4) is 0 Å². The molecule has 0 atom stereocenters. The van der Waals surface area contributed by atoms with E-state index in [0.717, 1.165) is 45.8 Å². The van der Waals surface area contributed by atoms with E-state index < -0.39 is 10.0 Å². The summed E-state index contributed by atoms with van der Waals surface area (Å²) in [5.74, 6) is 0.316. The van der Waals surface area contributed by atoms with Gasteiger partial charge in [-0.1, -0.05) is 12.1 Å². The number of aromatic amines is 1. The maximum Gasteiger partial charge on any atom is 0.211 e. The molecule has 8 heteroatoms. The van der Waals surface area contributed by atoms with Gasteiger partial charge in [0.25, 0.3) is 0 Å². The molecule has 5 rings (SSSR count). The van der Waals surface area contributed by atoms with Crippen molar-refractivity contribution in [3.05, 3.63) is 48.5 Å². The highest BCUT2D eigenvalue weighted by atomic mass is 32.2. The van der Waals surface area contributed by atoms with Gasteiger partial charge < -0.3 is 4.98 Å². The molecule has 1 aromatic carbocycles. The average Bonchev–Trinajstić information content (AvgIpc) is 3.33. The number of nitrogens with one attached hydrogen (secondary N) is 1. The van der Waals surface area contributed by atoms with Gasteiger partial charge in [-0.05, 0) is 41.3 Å². The number of benzene rings is 1. The zero-order valence-corrected chi connectivity index (χ0v) is 17.3. The predicted molar refractivity (Wildman–Crippen MR) is 114 cm³/mol. The van der Waals surface area contributed by atoms with Crippen molar-refractivity contribution in [1.82, 2.24) is 24.1 Å². The van der Waals surface area contributed by atoms with Crippen molar-refractivity contribution in [3.8, 4) is 11.1 Å². The molecule has 3 aromatic heterocycles. The third kappa shape index (κ3) is 3.22. The van der Waals surface area contributed by atoms with E-state index in [4.69, 9.17) is 0 Å². The first-order valence-corrected chi connectivity index (χ1v) is 11.6. The van der Waals surface area contributed by atoms with Crippen LogP contribution in [0.4, 0.5) is 0 Å². The number of piperidine rings is 1. The Kier molecular flexibility index (Phi) is 4.22. The number of sulfonamides is 1. The summed E-state index contributed by atoms with van der Waals surface area (Å²) in [4.78, 5) is 7.93. The van der Waals surface area contributed by atoms with Crippen molar-refractivity contribution in [3.63, 3.8) is 0 Å². The van der Waals surface area contributed by atoms with Crippen LogP contribution in [0, 0.1) is 0 Å². The average molecular weight is 410 g/mol. The zero-order valence-electron chi connectivity index (χ0n) is 16.5. The fraction of sp³-hybridized carbons (Fsp3) is 0.333. The number of hydrogen-bond acceptors (Lipinski definition) is 4. The van der Waals surface area contributed by atoms with E-state index >= 15 is 0 Å². The van der Waals surface area contributed by atoms with Crippen molar-refractivity contribution >= 4 is 31.8 Å². The summed E-state index contributed by atoms with van der Waals surface area (Å²) in [6, 6.07) is 6.41. The molecular weight excluding hydrogens is 386 g/mol. The van der Waals surface area contributed by atoms with Gasteiger partial charge in [0, 0.05) is 55.1 Å². The fourth-order valence-electron chi connectivity index (χ4n) is 4.40. The van der Waals surface area contributed by atoms with Crippen LogP contribution >= 0.6 is 0 Å². The van der Waals surface area contributed by atoms with Crippen LogP contribution in [0.1, 0.15) is 24.3 Å². The summed E-state index contributed by atoms with van der Waals surface area (Å²) >= 11 is 0. The molecule has 1 N–H and O–H groups in total. The van der Waals surface area contributed by atoms with Gasteiger partial charge in [0.2, 0.25) is 10.0 Å². The third-order valence-corrected chi connectivity index (χ3v) is 7.25. The molecule has 1 aliphatic rings. The van der Waals surface area contributed by atoms with Crippen LogP contribution in [0.25, 0.3) is 32.9 Å². The molecule has 0 saturated carbocycles. The molecule has 0 amide bonds. The lowest BCUT2D eigenvalue weighted by atomic mass is 9.89. The molecule has 4 aromatic rings. The smallest absolute Gasteiger partial charge is 0.211 e. The Morgan fingerprint density at radius 2 is 1.93 bits per heavy atom. The second kappa shape index (κ2) is 6.67. The Bertz CT molecular complexity index is 1310. The van der Waals surface area contributed by atoms with E-state index in [2.05, 4.69) is 39.5 Å². The number of aryl methyl sites for hydroxylation is 1. The lowest BCUT2D eigenvalue weighted by Crippen LogP contribution is -2.37. The van der Waals surface area contributed by atoms with Gasteiger partial charge in [-0.15, -0.1) is 0 Å². The maximum atomic E-state index is 11.8. The standard InChI is InChI=1S/C21H23N5O2S/c1-25-13-17(11-24-25)15-3-4-16-10-22-21-20(18(16)9-15)19(12-23-21)14-5-7-26(8-6-14)29(2,27)28/h3-4,9-14H,5-8H2,1-2H3,(H,22,23). The SMILES string of the molecule is Cn1cc(-c2ccc3cnc4[nH]cc(C5CCN(S(C)(=O)=O)CC5)c4c3c2)cn1. The molecule has 7 nitrogen and oxygen atoms in total. The minimum Gasteiger partial charge on any atom is -0.346 e. The monoisotopic (exact) mass is 409 g/mol. The van der Waals surface area contributed by atoms with Crippen molar-refractivity contribution < 1.29 is 8.42 Å². The molecule has 0 spiro atoms. The van der Waals surface area contributed by atoms with Crippen LogP contribution in [-0.4, -0.2) is 51.8 Å². The van der Waals surface area contributed by atoms with Crippen molar-refractivity contribution in [2.75, 3.05) is 19.3 Å². The first-order valence-electron chi connectivity index (χ1n) is 9.74. The van der Waals surface area contributed by atoms with Crippen molar-refractivity contribution in [1.29, 1.82) is 0 Å². The first kappa shape index (κ1) is 18.3. The molecule has 1 fully saturated rings. The first-order chi connectivity index (χ1) is 13.9. The molecule has 1 aliphatic heterocycles. The van der Waals surface area contributed by atoms with Crippen LogP contribution in [0.15, 0.2) is 43.0 Å². The largest absolute Gasteiger partial charge is 0.346 e. The van der Waals surface area contributed by atoms with E-state index in [0.29, 0.717) is 19.0 Å². The lowest BCUT2D eigenvalue weighted by Gasteiger charge is -2.30. The van der Waals surface area contributed by atoms with E-state index in [1.54, 1.807) is 8.99 Å². The molecule has 0 bridgehead atoms. The highest BCUT2D eigenvalue weighted by Gasteiger charge is 2.27. The Labute approximate surface area is 169 Å². The second-order valence-corrected chi connectivity index (χ2v) is 9.85. The van der Waals surface area contributed by atoms with Crippen LogP contribution in [0.2, 0.25) is 0 Å². The van der Waals surface area contributed by atoms with Gasteiger partial charge in [0.05, 0.1) is 12.5 Å². The van der Waals surface area contributed by atoms with Gasteiger partial charge in [-0.3, -0.25) is 4.68 Å². The molecule has 150 valence electrons. The van der Waals surface area contributed by atoms with Crippen LogP contribution in [-0.2, 0) is 17.1 Å². The number of pyridine rings is 1. The minimum atomic E-state index is -3.12. The van der Waals surface area contributed by atoms with Crippen LogP contribution < -0.4 is 0 Å². The minimum absolute atomic E-state index is 0.316. The van der Waals surface area contributed by atoms with Gasteiger partial charge in [-0.2, -0.15) is 5.10 Å². The molecular formula is C21H23N5O2S. The zero-order chi connectivity index (χ0) is 20.2. The highest BCUT2D eigenvalue weighted by molar-refractivity contribution is 7.88. The summed E-state index contributed by atoms with van der Waals surface area (Å²) in [5.41, 5.74) is 4.31. The van der Waals surface area contributed by atoms with Gasteiger partial charge in [0.15, 0.2) is 0 Å². The Balaban J connectivity index is 1.59. The second-order valence-electron chi connectivity index (χ2n) is 7.87. The Morgan fingerprint density at radius 1 is 1.14 bits per heavy atom. The van der Waals surface area contributed by atoms with E-state index in [1.807, 2.05) is 25.6 Å². The molecule has 1 saturated heterocycles. The highest BCUT2D eigenvalue weighted by Crippen LogP contribution is 2.37. The molecule has 0 aliphatic carbocycles. The molecule has 0 radical (unpaired) electrons. The topological polar surface area (TPSA) is 83.9 Å². The van der Waals surface area contributed by atoms with Crippen molar-refractivity contribution in [2.24, 2.45) is 7.05 Å². The van der Waals surface area contributed by atoms with Gasteiger partial charge in [0.1, 0.15) is 5.65 Å². The van der Waals surface area contributed by atoms with E-state index in [9.17, 15) is 8.42 Å². The molecule has 0 unspecified atom stereocenters. The summed E-state index contributed by atoms with van der Waals surface area (Å²) in [5, 5.41) is 7.69. The number of fused-ring (bicyclic) bond motifs is 3. The normalized spacial score (nSPS) is 16.8. The summed E-state index contributed by atoms with van der Waals surface area (Å²) in [6.07, 6.45) is 10.8. The van der Waals surface area contributed by atoms with E-state index in [1.165, 1.54) is 11.8 Å². The molecule has 4 heterocycles. The Morgan fingerprint density at radius 3 is 2.62 bits per heavy atom. The van der Waals surface area contributed by atoms with Crippen molar-refractivity contribution in [2.45, 2.75) is 18.8 Å². The number of aromatic nitrogens is 4.